The highest BCUT2D eigenvalue weighted by molar-refractivity contribution is 5.95. The fourth-order valence-electron chi connectivity index (χ4n) is 2.55. The summed E-state index contributed by atoms with van der Waals surface area (Å²) in [7, 11) is 1.19. The number of benzene rings is 1. The second-order valence-electron chi connectivity index (χ2n) is 5.85. The Morgan fingerprint density at radius 1 is 1.35 bits per heavy atom. The van der Waals surface area contributed by atoms with Gasteiger partial charge in [-0.05, 0) is 32.4 Å². The minimum Gasteiger partial charge on any atom is -0.865 e. The Bertz CT molecular complexity index is 801. The first-order chi connectivity index (χ1) is 12.1. The van der Waals surface area contributed by atoms with E-state index in [1.54, 1.807) is 13.8 Å². The van der Waals surface area contributed by atoms with Crippen LogP contribution in [0.5, 0.6) is 11.5 Å². The van der Waals surface area contributed by atoms with Gasteiger partial charge in [0.05, 0.1) is 29.8 Å². The zero-order valence-electron chi connectivity index (χ0n) is 14.6. The van der Waals surface area contributed by atoms with E-state index in [0.29, 0.717) is 0 Å². The van der Waals surface area contributed by atoms with Crippen molar-refractivity contribution in [2.75, 3.05) is 7.11 Å². The van der Waals surface area contributed by atoms with Gasteiger partial charge in [-0.25, -0.2) is 9.59 Å². The fourth-order valence-corrected chi connectivity index (χ4v) is 2.55. The van der Waals surface area contributed by atoms with Gasteiger partial charge in [0.15, 0.2) is 0 Å². The molecule has 0 aliphatic carbocycles. The van der Waals surface area contributed by atoms with Crippen LogP contribution in [0.15, 0.2) is 23.4 Å². The Hall–Kier alpha value is -3.30. The molecule has 1 aliphatic heterocycles. The minimum absolute atomic E-state index is 0.0771. The van der Waals surface area contributed by atoms with E-state index in [9.17, 15) is 24.8 Å². The number of amides is 2. The van der Waals surface area contributed by atoms with E-state index in [2.05, 4.69) is 10.6 Å². The molecule has 0 saturated carbocycles. The largest absolute Gasteiger partial charge is 0.865 e. The quantitative estimate of drug-likeness (QED) is 0.455. The molecule has 0 unspecified atom stereocenters. The van der Waals surface area contributed by atoms with E-state index < -0.39 is 40.5 Å². The van der Waals surface area contributed by atoms with Crippen molar-refractivity contribution in [3.8, 4) is 11.5 Å². The normalized spacial score (nSPS) is 16.8. The van der Waals surface area contributed by atoms with Crippen LogP contribution in [0.3, 0.4) is 0 Å². The summed E-state index contributed by atoms with van der Waals surface area (Å²) in [6, 6.07) is 0.628. The molecule has 140 valence electrons. The lowest BCUT2D eigenvalue weighted by Gasteiger charge is -2.29. The van der Waals surface area contributed by atoms with Crippen LogP contribution >= 0.6 is 0 Å². The number of ether oxygens (including phenoxy) is 2. The van der Waals surface area contributed by atoms with Crippen molar-refractivity contribution in [1.82, 2.24) is 10.6 Å². The van der Waals surface area contributed by atoms with Crippen molar-refractivity contribution < 1.29 is 29.1 Å². The van der Waals surface area contributed by atoms with Crippen molar-refractivity contribution in [2.24, 2.45) is 0 Å². The molecule has 1 atom stereocenters. The molecule has 0 spiro atoms. The number of methoxy groups -OCH3 is 1. The highest BCUT2D eigenvalue weighted by Crippen LogP contribution is 2.39. The maximum Gasteiger partial charge on any atom is 0.338 e. The van der Waals surface area contributed by atoms with Crippen LogP contribution in [0.25, 0.3) is 0 Å². The summed E-state index contributed by atoms with van der Waals surface area (Å²) < 4.78 is 10.1. The Kier molecular flexibility index (Phi) is 5.34. The number of nitrogens with one attached hydrogen (secondary N) is 2. The molecule has 1 aliphatic rings. The van der Waals surface area contributed by atoms with Crippen LogP contribution in [0.1, 0.15) is 32.4 Å². The first kappa shape index (κ1) is 19.0. The van der Waals surface area contributed by atoms with Crippen LogP contribution < -0.4 is 20.5 Å². The highest BCUT2D eigenvalue weighted by atomic mass is 16.6. The maximum atomic E-state index is 12.5. The van der Waals surface area contributed by atoms with E-state index in [-0.39, 0.29) is 22.6 Å². The molecule has 26 heavy (non-hydrogen) atoms. The summed E-state index contributed by atoms with van der Waals surface area (Å²) in [5.74, 6) is -1.85. The fraction of sp³-hybridized carbons (Fsp3) is 0.375. The van der Waals surface area contributed by atoms with Crippen molar-refractivity contribution in [2.45, 2.75) is 32.9 Å². The Balaban J connectivity index is 2.61. The van der Waals surface area contributed by atoms with E-state index in [0.717, 1.165) is 6.07 Å². The van der Waals surface area contributed by atoms with Crippen LogP contribution in [-0.4, -0.2) is 30.1 Å². The lowest BCUT2D eigenvalue weighted by Crippen LogP contribution is -2.45. The third-order valence-corrected chi connectivity index (χ3v) is 3.64. The average molecular weight is 364 g/mol. The van der Waals surface area contributed by atoms with Crippen molar-refractivity contribution in [3.05, 3.63) is 39.1 Å². The predicted octanol–water partition coefficient (Wildman–Crippen LogP) is 1.26. The lowest BCUT2D eigenvalue weighted by atomic mass is 9.94. The van der Waals surface area contributed by atoms with Gasteiger partial charge in [0.1, 0.15) is 5.75 Å². The number of hydrogen-bond donors (Lipinski definition) is 2. The van der Waals surface area contributed by atoms with Gasteiger partial charge < -0.3 is 25.2 Å². The second kappa shape index (κ2) is 7.30. The topological polar surface area (TPSA) is 143 Å². The molecule has 1 aromatic carbocycles. The molecule has 10 heteroatoms. The summed E-state index contributed by atoms with van der Waals surface area (Å²) in [5.41, 5.74) is -0.245. The SMILES string of the molecule is COc1cc([C@H]2NC(=O)NC(C)=C2C(=O)OC(C)C)cc([N+](=O)[O-])c1[O-]. The number of nitro benzene ring substituents is 1. The summed E-state index contributed by atoms with van der Waals surface area (Å²) in [6.07, 6.45) is -0.408. The van der Waals surface area contributed by atoms with Crippen molar-refractivity contribution in [3.63, 3.8) is 0 Å². The average Bonchev–Trinajstić information content (AvgIpc) is 2.53. The molecule has 1 heterocycles. The van der Waals surface area contributed by atoms with Crippen molar-refractivity contribution in [1.29, 1.82) is 0 Å². The lowest BCUT2D eigenvalue weighted by molar-refractivity contribution is -0.398. The van der Waals surface area contributed by atoms with Gasteiger partial charge in [0, 0.05) is 17.5 Å². The third-order valence-electron chi connectivity index (χ3n) is 3.64. The first-order valence-electron chi connectivity index (χ1n) is 7.68. The van der Waals surface area contributed by atoms with Gasteiger partial charge in [0.25, 0.3) is 5.69 Å². The van der Waals surface area contributed by atoms with Gasteiger partial charge in [-0.3, -0.25) is 10.1 Å². The van der Waals surface area contributed by atoms with Crippen LogP contribution in [0, 0.1) is 10.1 Å². The highest BCUT2D eigenvalue weighted by Gasteiger charge is 2.34. The van der Waals surface area contributed by atoms with Crippen LogP contribution in [0.4, 0.5) is 10.5 Å². The number of rotatable bonds is 5. The number of nitrogens with zero attached hydrogens (tertiary/aromatic N) is 1. The van der Waals surface area contributed by atoms with Gasteiger partial charge in [-0.15, -0.1) is 0 Å². The van der Waals surface area contributed by atoms with E-state index in [1.165, 1.54) is 20.1 Å². The molecule has 2 N–H and O–H groups in total. The Morgan fingerprint density at radius 2 is 2.00 bits per heavy atom. The molecule has 0 fully saturated rings. The van der Waals surface area contributed by atoms with Gasteiger partial charge in [0.2, 0.25) is 0 Å². The zero-order chi connectivity index (χ0) is 19.6. The molecule has 0 saturated heterocycles. The number of nitro groups is 1. The summed E-state index contributed by atoms with van der Waals surface area (Å²) >= 11 is 0. The molecule has 1 aromatic rings. The van der Waals surface area contributed by atoms with Crippen molar-refractivity contribution >= 4 is 17.7 Å². The molecule has 10 nitrogen and oxygen atoms in total. The summed E-state index contributed by atoms with van der Waals surface area (Å²) in [4.78, 5) is 34.6. The number of hydrogen-bond acceptors (Lipinski definition) is 7. The van der Waals surface area contributed by atoms with E-state index in [4.69, 9.17) is 9.47 Å². The Labute approximate surface area is 148 Å². The number of carbonyl (C=O) groups is 2. The number of esters is 1. The van der Waals surface area contributed by atoms with Gasteiger partial charge in [-0.1, -0.05) is 0 Å². The summed E-state index contributed by atoms with van der Waals surface area (Å²) in [6.45, 7) is 4.84. The Morgan fingerprint density at radius 3 is 2.54 bits per heavy atom. The number of carbonyl (C=O) groups excluding carboxylic acids is 2. The smallest absolute Gasteiger partial charge is 0.338 e. The third kappa shape index (κ3) is 3.68. The molecule has 0 radical (unpaired) electrons. The zero-order valence-corrected chi connectivity index (χ0v) is 14.6. The first-order valence-corrected chi connectivity index (χ1v) is 7.68. The second-order valence-corrected chi connectivity index (χ2v) is 5.85. The molecule has 2 rings (SSSR count). The number of urea groups is 1. The van der Waals surface area contributed by atoms with E-state index in [1.807, 2.05) is 0 Å². The van der Waals surface area contributed by atoms with Gasteiger partial charge >= 0.3 is 12.0 Å². The molecular weight excluding hydrogens is 346 g/mol. The predicted molar refractivity (Wildman–Crippen MR) is 87.4 cm³/mol. The van der Waals surface area contributed by atoms with E-state index >= 15 is 0 Å². The molecule has 2 amide bonds. The standard InChI is InChI=1S/C16H19N3O7/c1-7(2)26-15(21)12-8(3)17-16(22)18-13(12)9-5-10(19(23)24)14(20)11(6-9)25-4/h5-7,13,20H,1-4H3,(H2,17,18,22)/p-1/t13-/m1/s1. The maximum absolute atomic E-state index is 12.5. The van der Waals surface area contributed by atoms with Gasteiger partial charge in [-0.2, -0.15) is 0 Å². The molecule has 0 bridgehead atoms. The summed E-state index contributed by atoms with van der Waals surface area (Å²) in [5, 5.41) is 28.1. The minimum atomic E-state index is -1.04. The molecule has 0 aromatic heterocycles. The molecular formula is C16H18N3O7-. The number of allylic oxidation sites excluding steroid dienone is 1. The monoisotopic (exact) mass is 364 g/mol. The van der Waals surface area contributed by atoms with Crippen LogP contribution in [-0.2, 0) is 9.53 Å². The van der Waals surface area contributed by atoms with Crippen LogP contribution in [0.2, 0.25) is 0 Å².